The van der Waals surface area contributed by atoms with E-state index in [9.17, 15) is 4.79 Å². The molecule has 1 aliphatic rings. The first-order chi connectivity index (χ1) is 6.79. The number of carbonyl (C=O) groups excluding carboxylic acids is 1. The summed E-state index contributed by atoms with van der Waals surface area (Å²) in [6.45, 7) is 4.03. The molecule has 1 saturated heterocycles. The zero-order valence-corrected chi connectivity index (χ0v) is 8.87. The second-order valence-electron chi connectivity index (χ2n) is 3.69. The summed E-state index contributed by atoms with van der Waals surface area (Å²) in [5, 5.41) is 0. The second-order valence-corrected chi connectivity index (χ2v) is 3.69. The van der Waals surface area contributed by atoms with E-state index in [1.807, 2.05) is 0 Å². The Morgan fingerprint density at radius 1 is 1.64 bits per heavy atom. The first-order valence-electron chi connectivity index (χ1n) is 5.43. The van der Waals surface area contributed by atoms with Gasteiger partial charge in [0.25, 0.3) is 0 Å². The lowest BCUT2D eigenvalue weighted by Crippen LogP contribution is -2.48. The number of ether oxygens (including phenoxy) is 1. The molecule has 0 bridgehead atoms. The molecule has 1 atom stereocenters. The Labute approximate surface area is 85.4 Å². The molecule has 0 aromatic carbocycles. The van der Waals surface area contributed by atoms with E-state index in [0.717, 1.165) is 32.2 Å². The van der Waals surface area contributed by atoms with Gasteiger partial charge in [0, 0.05) is 19.1 Å². The predicted molar refractivity (Wildman–Crippen MR) is 55.0 cm³/mol. The lowest BCUT2D eigenvalue weighted by Gasteiger charge is -2.33. The molecule has 4 nitrogen and oxygen atoms in total. The Bertz CT molecular complexity index is 185. The fraction of sp³-hybridized carbons (Fsp3) is 0.900. The molecule has 0 aliphatic carbocycles. The van der Waals surface area contributed by atoms with Crippen molar-refractivity contribution in [3.8, 4) is 0 Å². The molecule has 1 aliphatic heterocycles. The molecule has 0 spiro atoms. The molecule has 0 radical (unpaired) electrons. The highest BCUT2D eigenvalue weighted by molar-refractivity contribution is 5.68. The van der Waals surface area contributed by atoms with Crippen LogP contribution in [0, 0.1) is 0 Å². The first-order valence-corrected chi connectivity index (χ1v) is 5.43. The number of unbranched alkanes of at least 4 members (excludes halogenated alkanes) is 1. The third-order valence-corrected chi connectivity index (χ3v) is 2.61. The maximum atomic E-state index is 11.4. The van der Waals surface area contributed by atoms with Gasteiger partial charge in [0.15, 0.2) is 0 Å². The summed E-state index contributed by atoms with van der Waals surface area (Å²) in [4.78, 5) is 13.2. The van der Waals surface area contributed by atoms with Crippen LogP contribution in [0.1, 0.15) is 32.6 Å². The minimum atomic E-state index is -0.192. The van der Waals surface area contributed by atoms with Crippen molar-refractivity contribution in [1.82, 2.24) is 4.90 Å². The van der Waals surface area contributed by atoms with E-state index in [1.54, 1.807) is 4.90 Å². The summed E-state index contributed by atoms with van der Waals surface area (Å²) in [6, 6.07) is 0.169. The van der Waals surface area contributed by atoms with Crippen molar-refractivity contribution >= 4 is 6.09 Å². The van der Waals surface area contributed by atoms with E-state index in [0.29, 0.717) is 13.2 Å². The molecule has 0 aromatic rings. The Morgan fingerprint density at radius 3 is 3.00 bits per heavy atom. The number of cyclic esters (lactones) is 1. The highest BCUT2D eigenvalue weighted by Gasteiger charge is 2.25. The normalized spacial score (nSPS) is 19.3. The van der Waals surface area contributed by atoms with E-state index >= 15 is 0 Å². The van der Waals surface area contributed by atoms with Gasteiger partial charge in [-0.15, -0.1) is 0 Å². The lowest BCUT2D eigenvalue weighted by molar-refractivity contribution is 0.0543. The van der Waals surface area contributed by atoms with Gasteiger partial charge in [-0.3, -0.25) is 0 Å². The lowest BCUT2D eigenvalue weighted by atomic mass is 10.1. The van der Waals surface area contributed by atoms with Crippen LogP contribution in [0.5, 0.6) is 0 Å². The molecule has 1 heterocycles. The van der Waals surface area contributed by atoms with E-state index in [2.05, 4.69) is 6.92 Å². The zero-order chi connectivity index (χ0) is 10.4. The van der Waals surface area contributed by atoms with Gasteiger partial charge in [0.1, 0.15) is 0 Å². The van der Waals surface area contributed by atoms with Crippen molar-refractivity contribution in [1.29, 1.82) is 0 Å². The zero-order valence-electron chi connectivity index (χ0n) is 8.87. The van der Waals surface area contributed by atoms with Crippen molar-refractivity contribution < 1.29 is 9.53 Å². The fourth-order valence-corrected chi connectivity index (χ4v) is 1.74. The van der Waals surface area contributed by atoms with E-state index < -0.39 is 0 Å². The largest absolute Gasteiger partial charge is 0.449 e. The highest BCUT2D eigenvalue weighted by atomic mass is 16.6. The molecule has 82 valence electrons. The molecule has 1 unspecified atom stereocenters. The number of nitrogens with two attached hydrogens (primary N) is 1. The van der Waals surface area contributed by atoms with Crippen LogP contribution in [0.25, 0.3) is 0 Å². The quantitative estimate of drug-likeness (QED) is 0.728. The van der Waals surface area contributed by atoms with Crippen molar-refractivity contribution in [2.75, 3.05) is 19.7 Å². The van der Waals surface area contributed by atoms with Crippen molar-refractivity contribution in [3.05, 3.63) is 0 Å². The second kappa shape index (κ2) is 5.86. The van der Waals surface area contributed by atoms with Crippen LogP contribution in [0.3, 0.4) is 0 Å². The van der Waals surface area contributed by atoms with Gasteiger partial charge in [-0.25, -0.2) is 4.79 Å². The summed E-state index contributed by atoms with van der Waals surface area (Å²) in [5.41, 5.74) is 5.66. The van der Waals surface area contributed by atoms with Gasteiger partial charge >= 0.3 is 6.09 Å². The summed E-state index contributed by atoms with van der Waals surface area (Å²) >= 11 is 0. The maximum absolute atomic E-state index is 11.4. The van der Waals surface area contributed by atoms with Gasteiger partial charge in [-0.1, -0.05) is 19.8 Å². The van der Waals surface area contributed by atoms with E-state index in [1.165, 1.54) is 0 Å². The van der Waals surface area contributed by atoms with Crippen molar-refractivity contribution in [3.63, 3.8) is 0 Å². The average Bonchev–Trinajstić information content (AvgIpc) is 2.21. The van der Waals surface area contributed by atoms with Crippen molar-refractivity contribution in [2.24, 2.45) is 5.73 Å². The molecular weight excluding hydrogens is 180 g/mol. The minimum Gasteiger partial charge on any atom is -0.449 e. The van der Waals surface area contributed by atoms with Crippen LogP contribution in [0.4, 0.5) is 4.79 Å². The van der Waals surface area contributed by atoms with Crippen LogP contribution in [-0.4, -0.2) is 36.7 Å². The number of carbonyl (C=O) groups is 1. The van der Waals surface area contributed by atoms with E-state index in [4.69, 9.17) is 10.5 Å². The number of nitrogens with zero attached hydrogens (tertiary/aromatic N) is 1. The third kappa shape index (κ3) is 2.87. The van der Waals surface area contributed by atoms with Crippen LogP contribution >= 0.6 is 0 Å². The molecule has 1 fully saturated rings. The molecule has 14 heavy (non-hydrogen) atoms. The molecule has 0 saturated carbocycles. The molecule has 0 aromatic heterocycles. The topological polar surface area (TPSA) is 55.6 Å². The average molecular weight is 200 g/mol. The Kier molecular flexibility index (Phi) is 4.73. The molecular formula is C10H20N2O2. The summed E-state index contributed by atoms with van der Waals surface area (Å²) in [5.74, 6) is 0. The number of hydrogen-bond acceptors (Lipinski definition) is 3. The maximum Gasteiger partial charge on any atom is 0.410 e. The van der Waals surface area contributed by atoms with Gasteiger partial charge in [0.05, 0.1) is 6.61 Å². The van der Waals surface area contributed by atoms with Crippen molar-refractivity contribution in [2.45, 2.75) is 38.6 Å². The fourth-order valence-electron chi connectivity index (χ4n) is 1.74. The first kappa shape index (κ1) is 11.3. The molecule has 2 N–H and O–H groups in total. The SMILES string of the molecule is CCCCC(CN)N1CCCOC1=O. The van der Waals surface area contributed by atoms with Crippen LogP contribution in [0.2, 0.25) is 0 Å². The van der Waals surface area contributed by atoms with Crippen LogP contribution in [0.15, 0.2) is 0 Å². The van der Waals surface area contributed by atoms with E-state index in [-0.39, 0.29) is 12.1 Å². The number of hydrogen-bond donors (Lipinski definition) is 1. The Morgan fingerprint density at radius 2 is 2.43 bits per heavy atom. The highest BCUT2D eigenvalue weighted by Crippen LogP contribution is 2.13. The van der Waals surface area contributed by atoms with Crippen LogP contribution in [-0.2, 0) is 4.74 Å². The van der Waals surface area contributed by atoms with Crippen LogP contribution < -0.4 is 5.73 Å². The number of amides is 1. The van der Waals surface area contributed by atoms with Gasteiger partial charge < -0.3 is 15.4 Å². The monoisotopic (exact) mass is 200 g/mol. The smallest absolute Gasteiger partial charge is 0.410 e. The van der Waals surface area contributed by atoms with Gasteiger partial charge in [0.2, 0.25) is 0 Å². The minimum absolute atomic E-state index is 0.169. The molecule has 4 heteroatoms. The third-order valence-electron chi connectivity index (χ3n) is 2.61. The van der Waals surface area contributed by atoms with Gasteiger partial charge in [-0.05, 0) is 12.8 Å². The summed E-state index contributed by atoms with van der Waals surface area (Å²) in [6.07, 6.45) is 3.98. The Hall–Kier alpha value is -0.770. The van der Waals surface area contributed by atoms with Gasteiger partial charge in [-0.2, -0.15) is 0 Å². The summed E-state index contributed by atoms with van der Waals surface area (Å²) in [7, 11) is 0. The molecule has 1 amide bonds. The Balaban J connectivity index is 2.44. The number of rotatable bonds is 5. The summed E-state index contributed by atoms with van der Waals surface area (Å²) < 4.78 is 4.98. The predicted octanol–water partition coefficient (Wildman–Crippen LogP) is 1.35. The standard InChI is InChI=1S/C10H20N2O2/c1-2-3-5-9(8-11)12-6-4-7-14-10(12)13/h9H,2-8,11H2,1H3. The molecule has 1 rings (SSSR count).